The molecule has 1 amide bonds. The fourth-order valence-electron chi connectivity index (χ4n) is 3.83. The molecule has 0 N–H and O–H groups in total. The fraction of sp³-hybridized carbons (Fsp3) is 0.684. The molecule has 0 unspecified atom stereocenters. The van der Waals surface area contributed by atoms with Crippen LogP contribution >= 0.6 is 0 Å². The van der Waals surface area contributed by atoms with Crippen LogP contribution in [0.15, 0.2) is 24.5 Å². The minimum atomic E-state index is 0.315. The molecular formula is C19H29N3O. The first-order chi connectivity index (χ1) is 11.1. The van der Waals surface area contributed by atoms with E-state index in [1.807, 2.05) is 12.4 Å². The molecule has 4 heteroatoms. The maximum atomic E-state index is 12.5. The third kappa shape index (κ3) is 4.11. The van der Waals surface area contributed by atoms with E-state index in [0.717, 1.165) is 39.0 Å². The van der Waals surface area contributed by atoms with Crippen molar-refractivity contribution < 1.29 is 4.79 Å². The Balaban J connectivity index is 1.55. The lowest BCUT2D eigenvalue weighted by Gasteiger charge is -2.47. The van der Waals surface area contributed by atoms with Crippen LogP contribution in [0.4, 0.5) is 0 Å². The molecule has 2 heterocycles. The lowest BCUT2D eigenvalue weighted by atomic mass is 9.99. The first-order valence-corrected chi connectivity index (χ1v) is 9.05. The number of hydrogen-bond acceptors (Lipinski definition) is 3. The van der Waals surface area contributed by atoms with Gasteiger partial charge in [0.2, 0.25) is 5.91 Å². The standard InChI is InChI=1S/C19H29N3O/c1-15(2)11-21(12-16-7-9-20-10-8-16)18-13-22(14-18)19(23)17-5-3-4-6-17/h7-10,15,17-18H,3-6,11-14H2,1-2H3. The van der Waals surface area contributed by atoms with Crippen molar-refractivity contribution in [2.24, 2.45) is 11.8 Å². The highest BCUT2D eigenvalue weighted by Crippen LogP contribution is 2.29. The molecule has 0 spiro atoms. The van der Waals surface area contributed by atoms with Crippen molar-refractivity contribution in [2.75, 3.05) is 19.6 Å². The molecule has 2 aliphatic rings. The van der Waals surface area contributed by atoms with E-state index in [4.69, 9.17) is 0 Å². The molecular weight excluding hydrogens is 286 g/mol. The number of aromatic nitrogens is 1. The van der Waals surface area contributed by atoms with Gasteiger partial charge in [-0.05, 0) is 36.5 Å². The highest BCUT2D eigenvalue weighted by atomic mass is 16.2. The molecule has 4 nitrogen and oxygen atoms in total. The number of amides is 1. The molecule has 23 heavy (non-hydrogen) atoms. The number of likely N-dealkylation sites (tertiary alicyclic amines) is 1. The summed E-state index contributed by atoms with van der Waals surface area (Å²) in [6.45, 7) is 8.38. The van der Waals surface area contributed by atoms with Gasteiger partial charge in [-0.3, -0.25) is 14.7 Å². The van der Waals surface area contributed by atoms with E-state index in [9.17, 15) is 4.79 Å². The second kappa shape index (κ2) is 7.43. The molecule has 0 aromatic carbocycles. The summed E-state index contributed by atoms with van der Waals surface area (Å²) < 4.78 is 0. The van der Waals surface area contributed by atoms with Crippen LogP contribution in [0.25, 0.3) is 0 Å². The number of nitrogens with zero attached hydrogens (tertiary/aromatic N) is 3. The summed E-state index contributed by atoms with van der Waals surface area (Å²) in [6.07, 6.45) is 8.39. The number of carbonyl (C=O) groups is 1. The maximum Gasteiger partial charge on any atom is 0.225 e. The van der Waals surface area contributed by atoms with E-state index in [1.54, 1.807) is 0 Å². The molecule has 0 atom stereocenters. The zero-order chi connectivity index (χ0) is 16.2. The molecule has 2 fully saturated rings. The van der Waals surface area contributed by atoms with E-state index >= 15 is 0 Å². The van der Waals surface area contributed by atoms with Crippen molar-refractivity contribution >= 4 is 5.91 Å². The number of rotatable bonds is 6. The number of hydrogen-bond donors (Lipinski definition) is 0. The van der Waals surface area contributed by atoms with Crippen LogP contribution in [0.5, 0.6) is 0 Å². The summed E-state index contributed by atoms with van der Waals surface area (Å²) in [5.41, 5.74) is 1.31. The van der Waals surface area contributed by atoms with Gasteiger partial charge in [0.15, 0.2) is 0 Å². The van der Waals surface area contributed by atoms with Crippen LogP contribution in [0.2, 0.25) is 0 Å². The predicted octanol–water partition coefficient (Wildman–Crippen LogP) is 2.94. The van der Waals surface area contributed by atoms with Gasteiger partial charge in [0, 0.05) is 50.5 Å². The Kier molecular flexibility index (Phi) is 5.31. The number of pyridine rings is 1. The average molecular weight is 315 g/mol. The van der Waals surface area contributed by atoms with Gasteiger partial charge in [0.05, 0.1) is 0 Å². The maximum absolute atomic E-state index is 12.5. The van der Waals surface area contributed by atoms with Gasteiger partial charge in [0.25, 0.3) is 0 Å². The topological polar surface area (TPSA) is 36.4 Å². The van der Waals surface area contributed by atoms with Crippen molar-refractivity contribution in [1.29, 1.82) is 0 Å². The summed E-state index contributed by atoms with van der Waals surface area (Å²) in [5, 5.41) is 0. The predicted molar refractivity (Wildman–Crippen MR) is 91.8 cm³/mol. The zero-order valence-electron chi connectivity index (χ0n) is 14.4. The normalized spacial score (nSPS) is 19.6. The van der Waals surface area contributed by atoms with Gasteiger partial charge in [-0.2, -0.15) is 0 Å². The molecule has 1 saturated carbocycles. The molecule has 1 aromatic rings. The Hall–Kier alpha value is -1.42. The van der Waals surface area contributed by atoms with Crippen LogP contribution in [-0.4, -0.2) is 46.4 Å². The van der Waals surface area contributed by atoms with Gasteiger partial charge in [-0.1, -0.05) is 26.7 Å². The van der Waals surface area contributed by atoms with E-state index in [0.29, 0.717) is 23.8 Å². The summed E-state index contributed by atoms with van der Waals surface area (Å²) >= 11 is 0. The van der Waals surface area contributed by atoms with Gasteiger partial charge >= 0.3 is 0 Å². The quantitative estimate of drug-likeness (QED) is 0.810. The zero-order valence-corrected chi connectivity index (χ0v) is 14.4. The fourth-order valence-corrected chi connectivity index (χ4v) is 3.83. The summed E-state index contributed by atoms with van der Waals surface area (Å²) in [4.78, 5) is 21.2. The van der Waals surface area contributed by atoms with E-state index in [1.165, 1.54) is 18.4 Å². The Bertz CT molecular complexity index is 505. The van der Waals surface area contributed by atoms with Crippen molar-refractivity contribution in [3.8, 4) is 0 Å². The van der Waals surface area contributed by atoms with E-state index < -0.39 is 0 Å². The largest absolute Gasteiger partial charge is 0.339 e. The Morgan fingerprint density at radius 2 is 1.91 bits per heavy atom. The number of carbonyl (C=O) groups excluding carboxylic acids is 1. The summed E-state index contributed by atoms with van der Waals surface area (Å²) in [5.74, 6) is 1.36. The van der Waals surface area contributed by atoms with Gasteiger partial charge in [-0.25, -0.2) is 0 Å². The Morgan fingerprint density at radius 3 is 2.52 bits per heavy atom. The van der Waals surface area contributed by atoms with Crippen LogP contribution in [0.1, 0.15) is 45.1 Å². The molecule has 126 valence electrons. The third-order valence-corrected chi connectivity index (χ3v) is 5.13. The molecule has 3 rings (SSSR count). The third-order valence-electron chi connectivity index (χ3n) is 5.13. The summed E-state index contributed by atoms with van der Waals surface area (Å²) in [6, 6.07) is 4.69. The van der Waals surface area contributed by atoms with Crippen molar-refractivity contribution in [2.45, 2.75) is 52.1 Å². The molecule has 1 aliphatic heterocycles. The Morgan fingerprint density at radius 1 is 1.26 bits per heavy atom. The van der Waals surface area contributed by atoms with Gasteiger partial charge in [0.1, 0.15) is 0 Å². The van der Waals surface area contributed by atoms with E-state index in [-0.39, 0.29) is 0 Å². The van der Waals surface area contributed by atoms with Crippen LogP contribution in [0, 0.1) is 11.8 Å². The highest BCUT2D eigenvalue weighted by Gasteiger charge is 2.38. The SMILES string of the molecule is CC(C)CN(Cc1ccncc1)C1CN(C(=O)C2CCCC2)C1. The molecule has 0 radical (unpaired) electrons. The van der Waals surface area contributed by atoms with Crippen molar-refractivity contribution in [3.63, 3.8) is 0 Å². The van der Waals surface area contributed by atoms with Crippen molar-refractivity contribution in [3.05, 3.63) is 30.1 Å². The molecule has 0 bridgehead atoms. The first kappa shape index (κ1) is 16.4. The summed E-state index contributed by atoms with van der Waals surface area (Å²) in [7, 11) is 0. The van der Waals surface area contributed by atoms with E-state index in [2.05, 4.69) is 40.8 Å². The minimum Gasteiger partial charge on any atom is -0.339 e. The van der Waals surface area contributed by atoms with Crippen LogP contribution < -0.4 is 0 Å². The first-order valence-electron chi connectivity index (χ1n) is 9.05. The second-order valence-corrected chi connectivity index (χ2v) is 7.56. The minimum absolute atomic E-state index is 0.315. The average Bonchev–Trinajstić information content (AvgIpc) is 3.00. The molecule has 1 aromatic heterocycles. The monoisotopic (exact) mass is 315 g/mol. The highest BCUT2D eigenvalue weighted by molar-refractivity contribution is 5.80. The van der Waals surface area contributed by atoms with Crippen LogP contribution in [0.3, 0.4) is 0 Å². The molecule has 1 saturated heterocycles. The molecule has 1 aliphatic carbocycles. The lowest BCUT2D eigenvalue weighted by molar-refractivity contribution is -0.143. The Labute approximate surface area is 139 Å². The lowest BCUT2D eigenvalue weighted by Crippen LogP contribution is -2.62. The smallest absolute Gasteiger partial charge is 0.225 e. The van der Waals surface area contributed by atoms with Crippen LogP contribution in [-0.2, 0) is 11.3 Å². The van der Waals surface area contributed by atoms with Crippen molar-refractivity contribution in [1.82, 2.24) is 14.8 Å². The van der Waals surface area contributed by atoms with Gasteiger partial charge in [-0.15, -0.1) is 0 Å². The van der Waals surface area contributed by atoms with Gasteiger partial charge < -0.3 is 4.90 Å². The second-order valence-electron chi connectivity index (χ2n) is 7.56.